The van der Waals surface area contributed by atoms with Gasteiger partial charge in [-0.2, -0.15) is 13.2 Å². The van der Waals surface area contributed by atoms with Gasteiger partial charge in [-0.25, -0.2) is 14.4 Å². The molecule has 11 nitrogen and oxygen atoms in total. The number of hydrogen-bond acceptors (Lipinski definition) is 7. The first-order chi connectivity index (χ1) is 25.7. The third-order valence-corrected chi connectivity index (χ3v) is 10.2. The number of carboxylic acid groups (broad SMARTS) is 1. The molecule has 2 heterocycles. The number of esters is 1. The molecule has 5 N–H and O–H groups in total. The van der Waals surface area contributed by atoms with Crippen LogP contribution in [0.1, 0.15) is 97.9 Å². The highest BCUT2D eigenvalue weighted by Crippen LogP contribution is 2.53. The third kappa shape index (κ3) is 10.7. The van der Waals surface area contributed by atoms with E-state index in [1.807, 2.05) is 0 Å². The standard InChI is InChI=1S/C38H46N4O5.C2HF3O2/c1-24(2)47-37(45)27-11-15-29(16-12-27)40-38(46)41-33(23-26-9-17-30(43)18-10-26)36(44)39-28-13-7-25(8-14-28)21-22-42-34-19-20-35(42)32-6-4-3-5-31(32)34;3-2(4,5)1(6)7/h3-6,9-12,15-18,24-25,28,33-35,43H,7-8,13-14,19-23H2,1-2H3,(H,39,44)(H2,40,41,46);(H,6,7)/t25?,28?,33-,34?,35?;/m0./s1. The molecule has 0 radical (unpaired) electrons. The van der Waals surface area contributed by atoms with E-state index in [-0.39, 0.29) is 30.2 Å². The Hall–Kier alpha value is -5.11. The van der Waals surface area contributed by atoms with Crippen LogP contribution in [-0.4, -0.2) is 69.9 Å². The summed E-state index contributed by atoms with van der Waals surface area (Å²) in [5.41, 5.74) is 4.74. The molecule has 54 heavy (non-hydrogen) atoms. The molecular weight excluding hydrogens is 705 g/mol. The van der Waals surface area contributed by atoms with E-state index in [4.69, 9.17) is 14.6 Å². The second-order valence-electron chi connectivity index (χ2n) is 14.3. The molecule has 2 aliphatic heterocycles. The number of nitrogens with zero attached hydrogens (tertiary/aromatic N) is 1. The lowest BCUT2D eigenvalue weighted by Crippen LogP contribution is -2.52. The van der Waals surface area contributed by atoms with Crippen molar-refractivity contribution in [1.29, 1.82) is 0 Å². The number of amides is 3. The number of ether oxygens (including phenoxy) is 1. The molecule has 0 aromatic heterocycles. The predicted octanol–water partition coefficient (Wildman–Crippen LogP) is 7.28. The second-order valence-corrected chi connectivity index (χ2v) is 14.3. The Balaban J connectivity index is 0.000000730. The minimum Gasteiger partial charge on any atom is -0.508 e. The average molecular weight is 753 g/mol. The molecule has 2 unspecified atom stereocenters. The number of phenols is 1. The van der Waals surface area contributed by atoms with Crippen molar-refractivity contribution in [2.75, 3.05) is 11.9 Å². The summed E-state index contributed by atoms with van der Waals surface area (Å²) in [6, 6.07) is 21.9. The molecule has 1 saturated heterocycles. The Kier molecular flexibility index (Phi) is 13.2. The zero-order valence-electron chi connectivity index (χ0n) is 30.3. The molecule has 3 amide bonds. The molecule has 1 saturated carbocycles. The summed E-state index contributed by atoms with van der Waals surface area (Å²) in [7, 11) is 0. The number of aromatic hydroxyl groups is 1. The first-order valence-electron chi connectivity index (χ1n) is 18.3. The van der Waals surface area contributed by atoms with Gasteiger partial charge >= 0.3 is 24.1 Å². The fourth-order valence-electron chi connectivity index (χ4n) is 7.57. The number of aliphatic carboxylic acids is 1. The molecule has 2 bridgehead atoms. The minimum atomic E-state index is -5.08. The molecule has 3 aromatic rings. The molecule has 1 aliphatic carbocycles. The summed E-state index contributed by atoms with van der Waals surface area (Å²) in [5.74, 6) is -2.62. The van der Waals surface area contributed by atoms with Crippen LogP contribution in [0.25, 0.3) is 0 Å². The lowest BCUT2D eigenvalue weighted by molar-refractivity contribution is -0.192. The van der Waals surface area contributed by atoms with Gasteiger partial charge in [0.15, 0.2) is 0 Å². The lowest BCUT2D eigenvalue weighted by Gasteiger charge is -2.32. The van der Waals surface area contributed by atoms with Gasteiger partial charge in [0.05, 0.1) is 11.7 Å². The zero-order chi connectivity index (χ0) is 39.0. The quantitative estimate of drug-likeness (QED) is 0.128. The van der Waals surface area contributed by atoms with Crippen molar-refractivity contribution in [1.82, 2.24) is 15.5 Å². The van der Waals surface area contributed by atoms with E-state index in [0.717, 1.165) is 37.8 Å². The van der Waals surface area contributed by atoms with E-state index in [0.29, 0.717) is 29.3 Å². The summed E-state index contributed by atoms with van der Waals surface area (Å²) < 4.78 is 37.0. The van der Waals surface area contributed by atoms with Gasteiger partial charge in [0, 0.05) is 30.2 Å². The maximum Gasteiger partial charge on any atom is 0.490 e. The van der Waals surface area contributed by atoms with E-state index in [1.54, 1.807) is 62.4 Å². The van der Waals surface area contributed by atoms with Crippen LogP contribution in [0, 0.1) is 5.92 Å². The molecule has 2 fully saturated rings. The number of fused-ring (bicyclic) bond motifs is 5. The Morgan fingerprint density at radius 2 is 1.43 bits per heavy atom. The Morgan fingerprint density at radius 1 is 0.852 bits per heavy atom. The van der Waals surface area contributed by atoms with Gasteiger partial charge in [-0.15, -0.1) is 0 Å². The molecule has 14 heteroatoms. The lowest BCUT2D eigenvalue weighted by atomic mass is 9.84. The fourth-order valence-corrected chi connectivity index (χ4v) is 7.57. The molecular formula is C40H47F3N4O7. The highest BCUT2D eigenvalue weighted by molar-refractivity contribution is 5.95. The van der Waals surface area contributed by atoms with Crippen LogP contribution in [0.5, 0.6) is 5.75 Å². The number of carbonyl (C=O) groups excluding carboxylic acids is 3. The van der Waals surface area contributed by atoms with Gasteiger partial charge < -0.3 is 30.9 Å². The van der Waals surface area contributed by atoms with Crippen molar-refractivity contribution in [3.8, 4) is 5.75 Å². The van der Waals surface area contributed by atoms with Crippen molar-refractivity contribution in [3.05, 3.63) is 95.1 Å². The molecule has 6 rings (SSSR count). The van der Waals surface area contributed by atoms with Gasteiger partial charge in [-0.05, 0) is 124 Å². The summed E-state index contributed by atoms with van der Waals surface area (Å²) in [6.07, 6.45) is 2.68. The van der Waals surface area contributed by atoms with E-state index >= 15 is 0 Å². The molecule has 290 valence electrons. The Bertz CT molecular complexity index is 1730. The highest BCUT2D eigenvalue weighted by Gasteiger charge is 2.43. The van der Waals surface area contributed by atoms with E-state index in [9.17, 15) is 32.7 Å². The van der Waals surface area contributed by atoms with Gasteiger partial charge in [-0.1, -0.05) is 36.4 Å². The molecule has 3 atom stereocenters. The van der Waals surface area contributed by atoms with Crippen LogP contribution in [0.3, 0.4) is 0 Å². The van der Waals surface area contributed by atoms with Crippen LogP contribution in [0.2, 0.25) is 0 Å². The van der Waals surface area contributed by atoms with Crippen molar-refractivity contribution in [2.45, 2.75) is 102 Å². The Labute approximate surface area is 312 Å². The number of alkyl halides is 3. The average Bonchev–Trinajstić information content (AvgIpc) is 3.68. The summed E-state index contributed by atoms with van der Waals surface area (Å²) in [4.78, 5) is 50.4. The van der Waals surface area contributed by atoms with Crippen molar-refractivity contribution >= 4 is 29.6 Å². The number of rotatable bonds is 11. The van der Waals surface area contributed by atoms with Crippen LogP contribution in [0.15, 0.2) is 72.8 Å². The topological polar surface area (TPSA) is 157 Å². The predicted molar refractivity (Wildman–Crippen MR) is 195 cm³/mol. The molecule has 3 aromatic carbocycles. The Morgan fingerprint density at radius 3 is 1.96 bits per heavy atom. The number of phenolic OH excluding ortho intramolecular Hbond substituents is 1. The molecule has 3 aliphatic rings. The zero-order valence-corrected chi connectivity index (χ0v) is 30.3. The third-order valence-electron chi connectivity index (χ3n) is 10.2. The maximum absolute atomic E-state index is 13.6. The second kappa shape index (κ2) is 17.8. The highest BCUT2D eigenvalue weighted by atomic mass is 19.4. The number of benzene rings is 3. The number of carbonyl (C=O) groups is 4. The first kappa shape index (κ1) is 40.1. The number of anilines is 1. The number of nitrogens with one attached hydrogen (secondary N) is 3. The van der Waals surface area contributed by atoms with Crippen LogP contribution in [-0.2, 0) is 20.7 Å². The number of carboxylic acids is 1. The van der Waals surface area contributed by atoms with E-state index in [1.165, 1.54) is 30.4 Å². The first-order valence-corrected chi connectivity index (χ1v) is 18.3. The van der Waals surface area contributed by atoms with Crippen molar-refractivity contribution < 1.29 is 47.3 Å². The minimum absolute atomic E-state index is 0.0660. The fraction of sp³-hybridized carbons (Fsp3) is 0.450. The summed E-state index contributed by atoms with van der Waals surface area (Å²) in [6.45, 7) is 4.70. The van der Waals surface area contributed by atoms with Crippen LogP contribution >= 0.6 is 0 Å². The summed E-state index contributed by atoms with van der Waals surface area (Å²) >= 11 is 0. The van der Waals surface area contributed by atoms with Gasteiger partial charge in [0.1, 0.15) is 11.8 Å². The van der Waals surface area contributed by atoms with Gasteiger partial charge in [0.25, 0.3) is 0 Å². The van der Waals surface area contributed by atoms with Gasteiger partial charge in [0.2, 0.25) is 5.91 Å². The SMILES string of the molecule is CC(C)OC(=O)c1ccc(NC(=O)N[C@@H](Cc2ccc(O)cc2)C(=O)NC2CCC(CCN3C4CCC3c3ccccc34)CC2)cc1.O=C(O)C(F)(F)F. The number of urea groups is 1. The van der Waals surface area contributed by atoms with Crippen LogP contribution in [0.4, 0.5) is 23.7 Å². The number of halogens is 3. The number of hydrogen-bond donors (Lipinski definition) is 5. The van der Waals surface area contributed by atoms with Crippen LogP contribution < -0.4 is 16.0 Å². The smallest absolute Gasteiger partial charge is 0.490 e. The summed E-state index contributed by atoms with van der Waals surface area (Å²) in [5, 5.41) is 25.7. The van der Waals surface area contributed by atoms with Crippen molar-refractivity contribution in [2.24, 2.45) is 5.92 Å². The van der Waals surface area contributed by atoms with Gasteiger partial charge in [-0.3, -0.25) is 9.69 Å². The van der Waals surface area contributed by atoms with E-state index in [2.05, 4.69) is 45.1 Å². The monoisotopic (exact) mass is 752 g/mol. The maximum atomic E-state index is 13.6. The molecule has 0 spiro atoms. The van der Waals surface area contributed by atoms with E-state index < -0.39 is 30.2 Å². The largest absolute Gasteiger partial charge is 0.508 e. The van der Waals surface area contributed by atoms with Crippen molar-refractivity contribution in [3.63, 3.8) is 0 Å². The normalized spacial score (nSPS) is 20.9.